The molecule has 3 aromatic heterocycles. The number of ether oxygens (including phenoxy) is 2. The number of hydrogen-bond acceptors (Lipinski definition) is 7. The minimum atomic E-state index is -0.215. The van der Waals surface area contributed by atoms with Crippen molar-refractivity contribution in [3.05, 3.63) is 106 Å². The van der Waals surface area contributed by atoms with Crippen LogP contribution < -0.4 is 19.6 Å². The summed E-state index contributed by atoms with van der Waals surface area (Å²) in [5, 5.41) is 9.42. The van der Waals surface area contributed by atoms with E-state index in [2.05, 4.69) is 30.9 Å². The van der Waals surface area contributed by atoms with Crippen LogP contribution in [-0.2, 0) is 0 Å². The van der Waals surface area contributed by atoms with E-state index in [1.807, 2.05) is 95.8 Å². The highest BCUT2D eigenvalue weighted by Gasteiger charge is 2.15. The Morgan fingerprint density at radius 3 is 2.24 bits per heavy atom. The van der Waals surface area contributed by atoms with Gasteiger partial charge in [0.15, 0.2) is 5.82 Å². The molecule has 0 N–H and O–H groups in total. The first-order valence-electron chi connectivity index (χ1n) is 14.0. The van der Waals surface area contributed by atoms with Gasteiger partial charge in [-0.3, -0.25) is 4.79 Å². The number of hydrogen-bond donors (Lipinski definition) is 0. The minimum Gasteiger partial charge on any atom is -0.494 e. The Bertz CT molecular complexity index is 1910. The fourth-order valence-corrected chi connectivity index (χ4v) is 5.32. The molecular weight excluding hydrogens is 546 g/mol. The van der Waals surface area contributed by atoms with Gasteiger partial charge in [0, 0.05) is 22.9 Å². The van der Waals surface area contributed by atoms with Crippen molar-refractivity contribution in [2.45, 2.75) is 27.2 Å². The van der Waals surface area contributed by atoms with Crippen LogP contribution in [0.2, 0.25) is 0 Å². The standard InChI is InChI=1S/C33H31N5O3S/c1-4-18-40-27-16-12-24(13-17-27)31-34-33-38(36-31)32(39)29(42-33)19-25-20-37(26-8-6-5-7-9-26)35-30(25)23-10-14-28(15-11-23)41-21-22(2)3/h5-17,19-20,22H,4,18,21H2,1-3H3/b29-19-. The van der Waals surface area contributed by atoms with Crippen molar-refractivity contribution in [2.75, 3.05) is 13.2 Å². The Morgan fingerprint density at radius 2 is 1.57 bits per heavy atom. The molecule has 0 atom stereocenters. The van der Waals surface area contributed by atoms with E-state index in [-0.39, 0.29) is 5.56 Å². The summed E-state index contributed by atoms with van der Waals surface area (Å²) in [6.07, 6.45) is 4.76. The van der Waals surface area contributed by atoms with Crippen LogP contribution in [0.1, 0.15) is 32.8 Å². The summed E-state index contributed by atoms with van der Waals surface area (Å²) in [5.41, 5.74) is 4.04. The molecule has 0 saturated heterocycles. The SMILES string of the molecule is CCCOc1ccc(-c2nc3s/c(=C\c4cn(-c5ccccc5)nc4-c4ccc(OCC(C)C)cc4)c(=O)n3n2)cc1. The predicted octanol–water partition coefficient (Wildman–Crippen LogP) is 6.04. The fourth-order valence-electron chi connectivity index (χ4n) is 4.42. The first kappa shape index (κ1) is 27.4. The fraction of sp³-hybridized carbons (Fsp3) is 0.212. The largest absolute Gasteiger partial charge is 0.494 e. The molecule has 0 aliphatic carbocycles. The van der Waals surface area contributed by atoms with Crippen molar-refractivity contribution >= 4 is 22.4 Å². The van der Waals surface area contributed by atoms with E-state index in [1.54, 1.807) is 0 Å². The van der Waals surface area contributed by atoms with Crippen molar-refractivity contribution in [3.63, 3.8) is 0 Å². The highest BCUT2D eigenvalue weighted by molar-refractivity contribution is 7.15. The van der Waals surface area contributed by atoms with Crippen molar-refractivity contribution in [3.8, 4) is 39.8 Å². The third-order valence-electron chi connectivity index (χ3n) is 6.53. The summed E-state index contributed by atoms with van der Waals surface area (Å²) in [7, 11) is 0. The maximum absolute atomic E-state index is 13.4. The van der Waals surface area contributed by atoms with Gasteiger partial charge in [-0.05, 0) is 79.1 Å². The van der Waals surface area contributed by atoms with Gasteiger partial charge in [0.05, 0.1) is 23.4 Å². The topological polar surface area (TPSA) is 83.5 Å². The molecule has 0 fully saturated rings. The average molecular weight is 578 g/mol. The smallest absolute Gasteiger partial charge is 0.291 e. The third kappa shape index (κ3) is 5.82. The van der Waals surface area contributed by atoms with Gasteiger partial charge in [-0.25, -0.2) is 4.68 Å². The van der Waals surface area contributed by atoms with Gasteiger partial charge in [-0.1, -0.05) is 50.3 Å². The van der Waals surface area contributed by atoms with Crippen molar-refractivity contribution in [1.29, 1.82) is 0 Å². The van der Waals surface area contributed by atoms with E-state index in [1.165, 1.54) is 15.9 Å². The summed E-state index contributed by atoms with van der Waals surface area (Å²) < 4.78 is 15.3. The highest BCUT2D eigenvalue weighted by Crippen LogP contribution is 2.27. The molecule has 0 radical (unpaired) electrons. The maximum Gasteiger partial charge on any atom is 0.291 e. The lowest BCUT2D eigenvalue weighted by molar-refractivity contribution is 0.271. The molecule has 6 aromatic rings. The minimum absolute atomic E-state index is 0.215. The molecule has 0 aliphatic heterocycles. The van der Waals surface area contributed by atoms with Gasteiger partial charge >= 0.3 is 0 Å². The van der Waals surface area contributed by atoms with Gasteiger partial charge in [0.2, 0.25) is 4.96 Å². The number of nitrogens with zero attached hydrogens (tertiary/aromatic N) is 5. The van der Waals surface area contributed by atoms with Crippen LogP contribution in [0.4, 0.5) is 0 Å². The maximum atomic E-state index is 13.4. The highest BCUT2D eigenvalue weighted by atomic mass is 32.1. The number of para-hydroxylation sites is 1. The molecule has 6 rings (SSSR count). The van der Waals surface area contributed by atoms with Crippen LogP contribution in [-0.4, -0.2) is 37.6 Å². The van der Waals surface area contributed by atoms with Crippen LogP contribution >= 0.6 is 11.3 Å². The molecule has 0 amide bonds. The zero-order chi connectivity index (χ0) is 29.1. The van der Waals surface area contributed by atoms with Crippen molar-refractivity contribution in [1.82, 2.24) is 24.4 Å². The second-order valence-electron chi connectivity index (χ2n) is 10.4. The van der Waals surface area contributed by atoms with E-state index in [0.717, 1.165) is 46.0 Å². The van der Waals surface area contributed by atoms with Crippen LogP contribution in [0.3, 0.4) is 0 Å². The predicted molar refractivity (Wildman–Crippen MR) is 166 cm³/mol. The number of benzene rings is 3. The molecule has 0 spiro atoms. The number of aromatic nitrogens is 5. The van der Waals surface area contributed by atoms with Crippen LogP contribution in [0, 0.1) is 5.92 Å². The molecule has 8 nitrogen and oxygen atoms in total. The first-order valence-corrected chi connectivity index (χ1v) is 14.8. The molecule has 0 unspecified atom stereocenters. The molecular formula is C33H31N5O3S. The molecule has 0 bridgehead atoms. The summed E-state index contributed by atoms with van der Waals surface area (Å²) >= 11 is 1.31. The summed E-state index contributed by atoms with van der Waals surface area (Å²) in [6.45, 7) is 7.63. The normalized spacial score (nSPS) is 12.0. The van der Waals surface area contributed by atoms with Crippen LogP contribution in [0.15, 0.2) is 89.9 Å². The van der Waals surface area contributed by atoms with Crippen molar-refractivity contribution in [2.24, 2.45) is 5.92 Å². The van der Waals surface area contributed by atoms with Crippen molar-refractivity contribution < 1.29 is 9.47 Å². The molecule has 0 saturated carbocycles. The zero-order valence-electron chi connectivity index (χ0n) is 23.7. The van der Waals surface area contributed by atoms with E-state index >= 15 is 0 Å². The second-order valence-corrected chi connectivity index (χ2v) is 11.4. The molecule has 42 heavy (non-hydrogen) atoms. The Balaban J connectivity index is 1.36. The summed E-state index contributed by atoms with van der Waals surface area (Å²) in [5.74, 6) is 2.56. The van der Waals surface area contributed by atoms with Gasteiger partial charge < -0.3 is 9.47 Å². The Kier molecular flexibility index (Phi) is 7.83. The Morgan fingerprint density at radius 1 is 0.881 bits per heavy atom. The average Bonchev–Trinajstić information content (AvgIpc) is 3.71. The lowest BCUT2D eigenvalue weighted by Gasteiger charge is -2.09. The van der Waals surface area contributed by atoms with Gasteiger partial charge in [0.1, 0.15) is 17.2 Å². The lowest BCUT2D eigenvalue weighted by atomic mass is 10.1. The van der Waals surface area contributed by atoms with E-state index in [9.17, 15) is 4.79 Å². The first-order chi connectivity index (χ1) is 20.5. The van der Waals surface area contributed by atoms with Gasteiger partial charge in [-0.2, -0.15) is 14.6 Å². The summed E-state index contributed by atoms with van der Waals surface area (Å²) in [4.78, 5) is 18.6. The Labute approximate surface area is 247 Å². The number of fused-ring (bicyclic) bond motifs is 1. The molecule has 0 aliphatic rings. The van der Waals surface area contributed by atoms with E-state index < -0.39 is 0 Å². The van der Waals surface area contributed by atoms with E-state index in [4.69, 9.17) is 14.6 Å². The molecule has 3 heterocycles. The molecule has 3 aromatic carbocycles. The molecule has 212 valence electrons. The second kappa shape index (κ2) is 12.0. The quantitative estimate of drug-likeness (QED) is 0.197. The van der Waals surface area contributed by atoms with E-state index in [0.29, 0.717) is 34.4 Å². The van der Waals surface area contributed by atoms with Crippen LogP contribution in [0.25, 0.3) is 39.4 Å². The molecule has 9 heteroatoms. The number of rotatable bonds is 10. The lowest BCUT2D eigenvalue weighted by Crippen LogP contribution is -2.23. The van der Waals surface area contributed by atoms with Crippen LogP contribution in [0.5, 0.6) is 11.5 Å². The summed E-state index contributed by atoms with van der Waals surface area (Å²) in [6, 6.07) is 25.4. The number of thiazole rings is 1. The van der Waals surface area contributed by atoms with Gasteiger partial charge in [0.25, 0.3) is 5.56 Å². The third-order valence-corrected chi connectivity index (χ3v) is 7.49. The monoisotopic (exact) mass is 577 g/mol. The Hall–Kier alpha value is -4.76. The van der Waals surface area contributed by atoms with Gasteiger partial charge in [-0.15, -0.1) is 5.10 Å². The zero-order valence-corrected chi connectivity index (χ0v) is 24.5.